The highest BCUT2D eigenvalue weighted by Gasteiger charge is 2.19. The van der Waals surface area contributed by atoms with E-state index in [0.717, 1.165) is 18.4 Å². The minimum Gasteiger partial charge on any atom is -0.324 e. The molecule has 0 radical (unpaired) electrons. The van der Waals surface area contributed by atoms with Crippen molar-refractivity contribution < 1.29 is 9.59 Å². The third kappa shape index (κ3) is 4.04. The van der Waals surface area contributed by atoms with Gasteiger partial charge in [-0.05, 0) is 43.5 Å². The molecule has 1 aromatic rings. The molecule has 114 valence electrons. The minimum atomic E-state index is -0.274. The summed E-state index contributed by atoms with van der Waals surface area (Å²) in [4.78, 5) is 23.2. The molecule has 1 unspecified atom stereocenters. The van der Waals surface area contributed by atoms with Gasteiger partial charge in [-0.2, -0.15) is 0 Å². The van der Waals surface area contributed by atoms with E-state index >= 15 is 0 Å². The molecule has 1 aromatic carbocycles. The van der Waals surface area contributed by atoms with Crippen LogP contribution >= 0.6 is 0 Å². The van der Waals surface area contributed by atoms with Gasteiger partial charge in [0.15, 0.2) is 0 Å². The quantitative estimate of drug-likeness (QED) is 0.730. The van der Waals surface area contributed by atoms with E-state index in [-0.39, 0.29) is 24.3 Å². The Kier molecular flexibility index (Phi) is 4.96. The van der Waals surface area contributed by atoms with E-state index in [2.05, 4.69) is 29.8 Å². The first-order valence-electron chi connectivity index (χ1n) is 7.40. The predicted octanol–water partition coefficient (Wildman–Crippen LogP) is 2.66. The molecule has 0 spiro atoms. The van der Waals surface area contributed by atoms with Crippen LogP contribution in [0.4, 0.5) is 11.4 Å². The van der Waals surface area contributed by atoms with Crippen LogP contribution in [0.5, 0.6) is 0 Å². The highest BCUT2D eigenvalue weighted by molar-refractivity contribution is 6.13. The topological polar surface area (TPSA) is 70.2 Å². The van der Waals surface area contributed by atoms with E-state index in [9.17, 15) is 9.59 Å². The average molecular weight is 289 g/mol. The summed E-state index contributed by atoms with van der Waals surface area (Å²) in [6.45, 7) is 4.42. The van der Waals surface area contributed by atoms with Gasteiger partial charge in [0.05, 0.1) is 11.4 Å². The highest BCUT2D eigenvalue weighted by Crippen LogP contribution is 2.30. The number of carbonyl (C=O) groups excluding carboxylic acids is 2. The van der Waals surface area contributed by atoms with E-state index in [1.54, 1.807) is 0 Å². The summed E-state index contributed by atoms with van der Waals surface area (Å²) in [5.41, 5.74) is 2.45. The number of fused-ring (bicyclic) bond motifs is 1. The number of carbonyl (C=O) groups is 2. The molecule has 5 heteroatoms. The lowest BCUT2D eigenvalue weighted by Gasteiger charge is -2.19. The van der Waals surface area contributed by atoms with Gasteiger partial charge in [-0.1, -0.05) is 19.9 Å². The van der Waals surface area contributed by atoms with Crippen LogP contribution in [0.2, 0.25) is 0 Å². The number of rotatable bonds is 5. The van der Waals surface area contributed by atoms with Crippen molar-refractivity contribution >= 4 is 23.2 Å². The molecule has 5 nitrogen and oxygen atoms in total. The maximum Gasteiger partial charge on any atom is 0.233 e. The van der Waals surface area contributed by atoms with Crippen molar-refractivity contribution in [3.8, 4) is 0 Å². The Balaban J connectivity index is 2.22. The van der Waals surface area contributed by atoms with Gasteiger partial charge in [0.2, 0.25) is 11.8 Å². The van der Waals surface area contributed by atoms with Crippen molar-refractivity contribution in [2.24, 2.45) is 5.92 Å². The van der Waals surface area contributed by atoms with Crippen LogP contribution in [0, 0.1) is 5.92 Å². The van der Waals surface area contributed by atoms with Crippen molar-refractivity contribution in [3.63, 3.8) is 0 Å². The number of benzene rings is 1. The normalized spacial score (nSPS) is 16.0. The highest BCUT2D eigenvalue weighted by atomic mass is 16.2. The first-order valence-corrected chi connectivity index (χ1v) is 7.40. The van der Waals surface area contributed by atoms with Crippen molar-refractivity contribution in [1.82, 2.24) is 5.32 Å². The minimum absolute atomic E-state index is 0.132. The molecule has 1 heterocycles. The number of amides is 2. The summed E-state index contributed by atoms with van der Waals surface area (Å²) in [5.74, 6) is 0.108. The Bertz CT molecular complexity index is 540. The molecular formula is C16H23N3O2. The molecule has 2 rings (SSSR count). The molecule has 3 N–H and O–H groups in total. The van der Waals surface area contributed by atoms with Gasteiger partial charge in [0.25, 0.3) is 0 Å². The van der Waals surface area contributed by atoms with Crippen molar-refractivity contribution in [2.45, 2.75) is 39.2 Å². The van der Waals surface area contributed by atoms with Crippen LogP contribution in [-0.4, -0.2) is 18.9 Å². The lowest BCUT2D eigenvalue weighted by molar-refractivity contribution is -0.123. The zero-order chi connectivity index (χ0) is 15.4. The van der Waals surface area contributed by atoms with Crippen LogP contribution in [-0.2, 0) is 9.59 Å². The second-order valence-corrected chi connectivity index (χ2v) is 5.89. The van der Waals surface area contributed by atoms with Gasteiger partial charge in [0, 0.05) is 6.04 Å². The Morgan fingerprint density at radius 3 is 2.38 bits per heavy atom. The zero-order valence-electron chi connectivity index (χ0n) is 12.8. The molecule has 0 aliphatic carbocycles. The van der Waals surface area contributed by atoms with Crippen LogP contribution in [0.1, 0.15) is 44.7 Å². The predicted molar refractivity (Wildman–Crippen MR) is 84.2 cm³/mol. The van der Waals surface area contributed by atoms with E-state index in [4.69, 9.17) is 0 Å². The smallest absolute Gasteiger partial charge is 0.233 e. The van der Waals surface area contributed by atoms with Gasteiger partial charge < -0.3 is 16.0 Å². The molecule has 1 aliphatic rings. The first-order chi connectivity index (χ1) is 9.99. The van der Waals surface area contributed by atoms with Gasteiger partial charge in [0.1, 0.15) is 6.42 Å². The largest absolute Gasteiger partial charge is 0.324 e. The fraction of sp³-hybridized carbons (Fsp3) is 0.500. The first kappa shape index (κ1) is 15.5. The van der Waals surface area contributed by atoms with Crippen LogP contribution < -0.4 is 16.0 Å². The van der Waals surface area contributed by atoms with Crippen molar-refractivity contribution in [2.75, 3.05) is 17.7 Å². The summed E-state index contributed by atoms with van der Waals surface area (Å²) in [6, 6.07) is 6.04. The molecule has 0 aromatic heterocycles. The Hall–Kier alpha value is -1.88. The summed E-state index contributed by atoms with van der Waals surface area (Å²) < 4.78 is 0. The molecule has 0 fully saturated rings. The monoisotopic (exact) mass is 289 g/mol. The fourth-order valence-corrected chi connectivity index (χ4v) is 2.50. The van der Waals surface area contributed by atoms with Crippen molar-refractivity contribution in [1.29, 1.82) is 0 Å². The maximum atomic E-state index is 11.6. The third-order valence-corrected chi connectivity index (χ3v) is 3.70. The average Bonchev–Trinajstić information content (AvgIpc) is 2.55. The Labute approximate surface area is 125 Å². The van der Waals surface area contributed by atoms with Crippen LogP contribution in [0.25, 0.3) is 0 Å². The van der Waals surface area contributed by atoms with E-state index in [1.807, 2.05) is 25.2 Å². The van der Waals surface area contributed by atoms with E-state index in [1.165, 1.54) is 0 Å². The summed E-state index contributed by atoms with van der Waals surface area (Å²) in [7, 11) is 1.94. The summed E-state index contributed by atoms with van der Waals surface area (Å²) in [6.07, 6.45) is 2.03. The van der Waals surface area contributed by atoms with Crippen molar-refractivity contribution in [3.05, 3.63) is 23.8 Å². The zero-order valence-corrected chi connectivity index (χ0v) is 12.8. The fourth-order valence-electron chi connectivity index (χ4n) is 2.50. The molecule has 0 saturated heterocycles. The third-order valence-electron chi connectivity index (χ3n) is 3.70. The summed E-state index contributed by atoms with van der Waals surface area (Å²) in [5, 5.41) is 8.85. The van der Waals surface area contributed by atoms with Gasteiger partial charge in [-0.15, -0.1) is 0 Å². The number of anilines is 2. The van der Waals surface area contributed by atoms with Crippen LogP contribution in [0.15, 0.2) is 18.2 Å². The molecule has 21 heavy (non-hydrogen) atoms. The number of hydrogen-bond donors (Lipinski definition) is 3. The standard InChI is InChI=1S/C16H23N3O2/c1-10(2)4-6-12(17-3)11-5-7-13-14(8-11)19-16(21)9-15(20)18-13/h5,7-8,10,12,17H,4,6,9H2,1-3H3,(H,18,20)(H,19,21). The van der Waals surface area contributed by atoms with Gasteiger partial charge >= 0.3 is 0 Å². The number of hydrogen-bond acceptors (Lipinski definition) is 3. The SMILES string of the molecule is CNC(CCC(C)C)c1ccc2c(c1)NC(=O)CC(=O)N2. The van der Waals surface area contributed by atoms with E-state index in [0.29, 0.717) is 17.3 Å². The molecule has 1 atom stereocenters. The van der Waals surface area contributed by atoms with E-state index < -0.39 is 0 Å². The molecular weight excluding hydrogens is 266 g/mol. The second-order valence-electron chi connectivity index (χ2n) is 5.89. The molecule has 2 amide bonds. The lowest BCUT2D eigenvalue weighted by atomic mass is 9.97. The summed E-state index contributed by atoms with van der Waals surface area (Å²) >= 11 is 0. The second kappa shape index (κ2) is 6.72. The Morgan fingerprint density at radius 1 is 1.10 bits per heavy atom. The van der Waals surface area contributed by atoms with Crippen LogP contribution in [0.3, 0.4) is 0 Å². The Morgan fingerprint density at radius 2 is 1.76 bits per heavy atom. The number of nitrogens with one attached hydrogen (secondary N) is 3. The maximum absolute atomic E-state index is 11.6. The molecule has 0 saturated carbocycles. The molecule has 0 bridgehead atoms. The molecule has 1 aliphatic heterocycles. The van der Waals surface area contributed by atoms with Gasteiger partial charge in [-0.25, -0.2) is 0 Å². The lowest BCUT2D eigenvalue weighted by Crippen LogP contribution is -2.17. The van der Waals surface area contributed by atoms with Gasteiger partial charge in [-0.3, -0.25) is 9.59 Å².